The number of piperidine rings is 1. The molecule has 0 spiro atoms. The number of aromatic nitrogens is 1. The minimum absolute atomic E-state index is 0.0516. The van der Waals surface area contributed by atoms with E-state index < -0.39 is 0 Å². The SMILES string of the molecule is Cc1cccc(-c2sc(C)nc2C(=O)N2C[C@H]3C[C@H]3[C@H]2CNC(=O)c2ccc(F)cc2)c1. The van der Waals surface area contributed by atoms with Crippen molar-refractivity contribution in [3.05, 3.63) is 76.2 Å². The second-order valence-electron chi connectivity index (χ2n) is 8.68. The molecule has 7 heteroatoms. The van der Waals surface area contributed by atoms with Crippen LogP contribution in [0.1, 0.15) is 37.8 Å². The molecule has 0 bridgehead atoms. The molecular weight excluding hydrogens is 425 g/mol. The van der Waals surface area contributed by atoms with Crippen LogP contribution < -0.4 is 5.32 Å². The van der Waals surface area contributed by atoms with Crippen molar-refractivity contribution in [2.75, 3.05) is 13.1 Å². The van der Waals surface area contributed by atoms with Gasteiger partial charge in [-0.15, -0.1) is 11.3 Å². The van der Waals surface area contributed by atoms with Gasteiger partial charge in [-0.3, -0.25) is 9.59 Å². The number of hydrogen-bond donors (Lipinski definition) is 1. The van der Waals surface area contributed by atoms with Crippen molar-refractivity contribution in [1.82, 2.24) is 15.2 Å². The Balaban J connectivity index is 1.35. The Morgan fingerprint density at radius 1 is 1.19 bits per heavy atom. The summed E-state index contributed by atoms with van der Waals surface area (Å²) in [5, 5.41) is 3.80. The highest BCUT2D eigenvalue weighted by atomic mass is 32.1. The predicted molar refractivity (Wildman–Crippen MR) is 122 cm³/mol. The highest BCUT2D eigenvalue weighted by Gasteiger charge is 2.54. The van der Waals surface area contributed by atoms with Crippen LogP contribution in [0.3, 0.4) is 0 Å². The third kappa shape index (κ3) is 3.93. The molecule has 164 valence electrons. The van der Waals surface area contributed by atoms with E-state index in [0.29, 0.717) is 36.2 Å². The maximum atomic E-state index is 13.6. The molecule has 1 aliphatic heterocycles. The van der Waals surface area contributed by atoms with Crippen LogP contribution >= 0.6 is 11.3 Å². The number of hydrogen-bond acceptors (Lipinski definition) is 4. The fraction of sp³-hybridized carbons (Fsp3) is 0.320. The molecule has 2 aromatic carbocycles. The number of aryl methyl sites for hydroxylation is 2. The summed E-state index contributed by atoms with van der Waals surface area (Å²) in [6.07, 6.45) is 1.09. The number of nitrogens with one attached hydrogen (secondary N) is 1. The molecule has 1 saturated heterocycles. The van der Waals surface area contributed by atoms with Gasteiger partial charge in [-0.05, 0) is 61.9 Å². The lowest BCUT2D eigenvalue weighted by atomic mass is 10.1. The van der Waals surface area contributed by atoms with E-state index in [9.17, 15) is 14.0 Å². The Kier molecular flexibility index (Phi) is 5.29. The number of amides is 2. The summed E-state index contributed by atoms with van der Waals surface area (Å²) in [6, 6.07) is 13.5. The number of carbonyl (C=O) groups is 2. The lowest BCUT2D eigenvalue weighted by Gasteiger charge is -2.27. The summed E-state index contributed by atoms with van der Waals surface area (Å²) >= 11 is 1.53. The lowest BCUT2D eigenvalue weighted by Crippen LogP contribution is -2.45. The Bertz CT molecular complexity index is 1190. The van der Waals surface area contributed by atoms with Gasteiger partial charge in [0.25, 0.3) is 11.8 Å². The Labute approximate surface area is 190 Å². The summed E-state index contributed by atoms with van der Waals surface area (Å²) in [5.41, 5.74) is 3.04. The Morgan fingerprint density at radius 2 is 1.97 bits per heavy atom. The van der Waals surface area contributed by atoms with Crippen LogP contribution in [0.4, 0.5) is 4.39 Å². The van der Waals surface area contributed by atoms with Crippen molar-refractivity contribution in [3.63, 3.8) is 0 Å². The van der Waals surface area contributed by atoms with Crippen LogP contribution in [-0.2, 0) is 0 Å². The minimum atomic E-state index is -0.377. The van der Waals surface area contributed by atoms with Gasteiger partial charge >= 0.3 is 0 Å². The third-order valence-electron chi connectivity index (χ3n) is 6.36. The number of thiazole rings is 1. The first-order valence-corrected chi connectivity index (χ1v) is 11.6. The third-order valence-corrected chi connectivity index (χ3v) is 7.38. The fourth-order valence-corrected chi connectivity index (χ4v) is 5.56. The van der Waals surface area contributed by atoms with E-state index in [1.807, 2.05) is 36.9 Å². The molecule has 1 saturated carbocycles. The first-order chi connectivity index (χ1) is 15.4. The van der Waals surface area contributed by atoms with Crippen LogP contribution in [-0.4, -0.2) is 40.8 Å². The van der Waals surface area contributed by atoms with Crippen molar-refractivity contribution in [3.8, 4) is 10.4 Å². The van der Waals surface area contributed by atoms with Gasteiger partial charge in [-0.2, -0.15) is 0 Å². The van der Waals surface area contributed by atoms with Gasteiger partial charge in [0.2, 0.25) is 0 Å². The van der Waals surface area contributed by atoms with Crippen molar-refractivity contribution >= 4 is 23.2 Å². The average Bonchev–Trinajstić information content (AvgIpc) is 3.29. The largest absolute Gasteiger partial charge is 0.350 e. The molecule has 1 aliphatic carbocycles. The lowest BCUT2D eigenvalue weighted by molar-refractivity contribution is 0.0690. The molecular formula is C25H24FN3O2S. The summed E-state index contributed by atoms with van der Waals surface area (Å²) in [6.45, 7) is 5.03. The highest BCUT2D eigenvalue weighted by Crippen LogP contribution is 2.50. The number of nitrogens with zero attached hydrogens (tertiary/aromatic N) is 2. The number of benzene rings is 2. The smallest absolute Gasteiger partial charge is 0.274 e. The van der Waals surface area contributed by atoms with Gasteiger partial charge in [0, 0.05) is 18.7 Å². The maximum Gasteiger partial charge on any atom is 0.274 e. The first kappa shape index (κ1) is 20.8. The Morgan fingerprint density at radius 3 is 2.72 bits per heavy atom. The first-order valence-electron chi connectivity index (χ1n) is 10.8. The van der Waals surface area contributed by atoms with E-state index in [0.717, 1.165) is 27.4 Å². The number of fused-ring (bicyclic) bond motifs is 1. The van der Waals surface area contributed by atoms with E-state index in [2.05, 4.69) is 16.4 Å². The molecule has 1 N–H and O–H groups in total. The van der Waals surface area contributed by atoms with E-state index in [-0.39, 0.29) is 23.7 Å². The zero-order chi connectivity index (χ0) is 22.4. The zero-order valence-corrected chi connectivity index (χ0v) is 18.8. The second-order valence-corrected chi connectivity index (χ2v) is 9.88. The van der Waals surface area contributed by atoms with Crippen LogP contribution in [0.15, 0.2) is 48.5 Å². The van der Waals surface area contributed by atoms with Crippen molar-refractivity contribution in [1.29, 1.82) is 0 Å². The summed E-state index contributed by atoms with van der Waals surface area (Å²) in [5.74, 6) is 0.201. The van der Waals surface area contributed by atoms with Gasteiger partial charge in [0.1, 0.15) is 11.5 Å². The normalized spacial score (nSPS) is 21.3. The number of carbonyl (C=O) groups excluding carboxylic acids is 2. The molecule has 32 heavy (non-hydrogen) atoms. The predicted octanol–water partition coefficient (Wildman–Crippen LogP) is 4.46. The van der Waals surface area contributed by atoms with Crippen LogP contribution in [0.2, 0.25) is 0 Å². The summed E-state index contributed by atoms with van der Waals surface area (Å²) in [7, 11) is 0. The van der Waals surface area contributed by atoms with Gasteiger partial charge in [-0.25, -0.2) is 9.37 Å². The number of likely N-dealkylation sites (tertiary alicyclic amines) is 1. The standard InChI is InChI=1S/C25H24FN3O2S/c1-14-4-3-5-17(10-14)23-22(28-15(2)32-23)25(31)29-13-18-11-20(18)21(29)12-27-24(30)16-6-8-19(26)9-7-16/h3-10,18,20-21H,11-13H2,1-2H3,(H,27,30)/t18-,20-,21-/m1/s1. The van der Waals surface area contributed by atoms with Gasteiger partial charge in [0.05, 0.1) is 15.9 Å². The fourth-order valence-electron chi connectivity index (χ4n) is 4.66. The molecule has 3 atom stereocenters. The Hall–Kier alpha value is -3.06. The molecule has 2 fully saturated rings. The molecule has 2 heterocycles. The van der Waals surface area contributed by atoms with Gasteiger partial charge in [-0.1, -0.05) is 29.8 Å². The summed E-state index contributed by atoms with van der Waals surface area (Å²) < 4.78 is 13.1. The highest BCUT2D eigenvalue weighted by molar-refractivity contribution is 7.15. The van der Waals surface area contributed by atoms with Crippen LogP contribution in [0.5, 0.6) is 0 Å². The summed E-state index contributed by atoms with van der Waals surface area (Å²) in [4.78, 5) is 33.5. The minimum Gasteiger partial charge on any atom is -0.350 e. The average molecular weight is 450 g/mol. The molecule has 5 rings (SSSR count). The van der Waals surface area contributed by atoms with E-state index >= 15 is 0 Å². The monoisotopic (exact) mass is 449 g/mol. The van der Waals surface area contributed by atoms with E-state index in [4.69, 9.17) is 0 Å². The molecule has 0 unspecified atom stereocenters. The molecule has 2 amide bonds. The van der Waals surface area contributed by atoms with Gasteiger partial charge in [0.15, 0.2) is 0 Å². The molecule has 2 aliphatic rings. The number of rotatable bonds is 5. The molecule has 0 radical (unpaired) electrons. The van der Waals surface area contributed by atoms with E-state index in [1.54, 1.807) is 0 Å². The van der Waals surface area contributed by atoms with Crippen LogP contribution in [0.25, 0.3) is 10.4 Å². The molecule has 1 aromatic heterocycles. The maximum absolute atomic E-state index is 13.6. The van der Waals surface area contributed by atoms with Crippen molar-refractivity contribution in [2.45, 2.75) is 26.3 Å². The molecule has 5 nitrogen and oxygen atoms in total. The topological polar surface area (TPSA) is 62.3 Å². The number of halogens is 1. The molecule has 3 aromatic rings. The van der Waals surface area contributed by atoms with Crippen molar-refractivity contribution in [2.24, 2.45) is 11.8 Å². The van der Waals surface area contributed by atoms with E-state index in [1.165, 1.54) is 35.6 Å². The zero-order valence-electron chi connectivity index (χ0n) is 18.0. The van der Waals surface area contributed by atoms with Gasteiger partial charge < -0.3 is 10.2 Å². The van der Waals surface area contributed by atoms with Crippen molar-refractivity contribution < 1.29 is 14.0 Å². The second kappa shape index (κ2) is 8.13. The quantitative estimate of drug-likeness (QED) is 0.626. The van der Waals surface area contributed by atoms with Crippen LogP contribution in [0, 0.1) is 31.5 Å².